The molecule has 92 valence electrons. The lowest BCUT2D eigenvalue weighted by Gasteiger charge is -2.23. The van der Waals surface area contributed by atoms with E-state index in [0.29, 0.717) is 12.0 Å². The molecule has 0 aromatic rings. The van der Waals surface area contributed by atoms with Crippen molar-refractivity contribution in [1.29, 1.82) is 0 Å². The predicted molar refractivity (Wildman–Crippen MR) is 62.2 cm³/mol. The molecule has 0 aromatic carbocycles. The average Bonchev–Trinajstić information content (AvgIpc) is 3.13. The molecule has 1 saturated carbocycles. The Bertz CT molecular complexity index is 235. The maximum Gasteiger partial charge on any atom is 0.248 e. The predicted octanol–water partition coefficient (Wildman–Crippen LogP) is 0.623. The van der Waals surface area contributed by atoms with Crippen LogP contribution >= 0.6 is 0 Å². The van der Waals surface area contributed by atoms with Crippen molar-refractivity contribution in [1.82, 2.24) is 10.2 Å². The van der Waals surface area contributed by atoms with Crippen LogP contribution in [0.2, 0.25) is 0 Å². The van der Waals surface area contributed by atoms with Gasteiger partial charge in [0.1, 0.15) is 6.61 Å². The molecule has 4 nitrogen and oxygen atoms in total. The van der Waals surface area contributed by atoms with Gasteiger partial charge in [0.25, 0.3) is 0 Å². The monoisotopic (exact) mass is 226 g/mol. The molecule has 0 radical (unpaired) electrons. The largest absolute Gasteiger partial charge is 0.371 e. The number of likely N-dealkylation sites (N-methyl/N-ethyl adjacent to an activating group) is 1. The lowest BCUT2D eigenvalue weighted by Crippen LogP contribution is -2.35. The van der Waals surface area contributed by atoms with Crippen LogP contribution in [0.1, 0.15) is 25.7 Å². The number of rotatable bonds is 5. The van der Waals surface area contributed by atoms with Crippen LogP contribution in [-0.2, 0) is 9.53 Å². The summed E-state index contributed by atoms with van der Waals surface area (Å²) in [6, 6.07) is 0.493. The van der Waals surface area contributed by atoms with Crippen LogP contribution < -0.4 is 5.32 Å². The summed E-state index contributed by atoms with van der Waals surface area (Å²) in [5.41, 5.74) is 0. The molecule has 1 unspecified atom stereocenters. The summed E-state index contributed by atoms with van der Waals surface area (Å²) in [6.07, 6.45) is 4.77. The van der Waals surface area contributed by atoms with Gasteiger partial charge in [0, 0.05) is 19.6 Å². The molecule has 1 N–H and O–H groups in total. The van der Waals surface area contributed by atoms with Gasteiger partial charge in [-0.15, -0.1) is 0 Å². The fourth-order valence-electron chi connectivity index (χ4n) is 2.15. The summed E-state index contributed by atoms with van der Waals surface area (Å²) in [5.74, 6) is 0.721. The Kier molecular flexibility index (Phi) is 4.18. The maximum atomic E-state index is 11.7. The maximum absolute atomic E-state index is 11.7. The van der Waals surface area contributed by atoms with Crippen LogP contribution in [0.25, 0.3) is 0 Å². The van der Waals surface area contributed by atoms with Crippen molar-refractivity contribution in [2.75, 3.05) is 33.4 Å². The minimum absolute atomic E-state index is 0.131. The van der Waals surface area contributed by atoms with Gasteiger partial charge in [-0.05, 0) is 38.1 Å². The molecule has 1 amide bonds. The number of piperidine rings is 1. The Labute approximate surface area is 97.3 Å². The van der Waals surface area contributed by atoms with Gasteiger partial charge in [-0.25, -0.2) is 0 Å². The van der Waals surface area contributed by atoms with Crippen molar-refractivity contribution in [2.24, 2.45) is 5.92 Å². The van der Waals surface area contributed by atoms with Crippen LogP contribution in [0.3, 0.4) is 0 Å². The van der Waals surface area contributed by atoms with E-state index in [-0.39, 0.29) is 12.5 Å². The number of amides is 1. The number of carbonyl (C=O) groups is 1. The van der Waals surface area contributed by atoms with E-state index in [1.54, 1.807) is 0 Å². The third-order valence-electron chi connectivity index (χ3n) is 3.47. The number of hydrogen-bond acceptors (Lipinski definition) is 3. The summed E-state index contributed by atoms with van der Waals surface area (Å²) in [7, 11) is 1.88. The molecule has 2 rings (SSSR count). The first-order valence-electron chi connectivity index (χ1n) is 6.31. The Hall–Kier alpha value is -0.610. The molecular formula is C12H22N2O2. The SMILES string of the molecule is CN(C(=O)COCC1CCCNC1)C1CC1. The lowest BCUT2D eigenvalue weighted by molar-refractivity contribution is -0.135. The highest BCUT2D eigenvalue weighted by atomic mass is 16.5. The van der Waals surface area contributed by atoms with Gasteiger partial charge >= 0.3 is 0 Å². The van der Waals surface area contributed by atoms with Gasteiger partial charge in [0.15, 0.2) is 0 Å². The number of carbonyl (C=O) groups excluding carboxylic acids is 1. The summed E-state index contributed by atoms with van der Waals surface area (Å²) >= 11 is 0. The first-order valence-corrected chi connectivity index (χ1v) is 6.31. The van der Waals surface area contributed by atoms with Crippen LogP contribution in [0.4, 0.5) is 0 Å². The number of hydrogen-bond donors (Lipinski definition) is 1. The van der Waals surface area contributed by atoms with Crippen molar-refractivity contribution < 1.29 is 9.53 Å². The normalized spacial score (nSPS) is 25.4. The molecule has 4 heteroatoms. The molecule has 1 aliphatic heterocycles. The Morgan fingerprint density at radius 2 is 2.25 bits per heavy atom. The Morgan fingerprint density at radius 3 is 2.88 bits per heavy atom. The molecule has 1 saturated heterocycles. The van der Waals surface area contributed by atoms with Crippen molar-refractivity contribution in [3.05, 3.63) is 0 Å². The minimum atomic E-state index is 0.131. The van der Waals surface area contributed by atoms with Crippen LogP contribution in [0.5, 0.6) is 0 Å². The van der Waals surface area contributed by atoms with Gasteiger partial charge in [-0.2, -0.15) is 0 Å². The quantitative estimate of drug-likeness (QED) is 0.747. The second-order valence-corrected chi connectivity index (χ2v) is 4.96. The minimum Gasteiger partial charge on any atom is -0.371 e. The summed E-state index contributed by atoms with van der Waals surface area (Å²) in [5, 5.41) is 3.35. The summed E-state index contributed by atoms with van der Waals surface area (Å²) in [6.45, 7) is 3.13. The highest BCUT2D eigenvalue weighted by Crippen LogP contribution is 2.25. The highest BCUT2D eigenvalue weighted by Gasteiger charge is 2.29. The summed E-state index contributed by atoms with van der Waals surface area (Å²) < 4.78 is 5.50. The zero-order chi connectivity index (χ0) is 11.4. The van der Waals surface area contributed by atoms with Gasteiger partial charge in [-0.1, -0.05) is 0 Å². The van der Waals surface area contributed by atoms with Crippen LogP contribution in [0, 0.1) is 5.92 Å². The molecule has 0 spiro atoms. The summed E-state index contributed by atoms with van der Waals surface area (Å²) in [4.78, 5) is 13.5. The van der Waals surface area contributed by atoms with Crippen molar-refractivity contribution >= 4 is 5.91 Å². The number of nitrogens with zero attached hydrogens (tertiary/aromatic N) is 1. The molecular weight excluding hydrogens is 204 g/mol. The van der Waals surface area contributed by atoms with Gasteiger partial charge in [-0.3, -0.25) is 4.79 Å². The fourth-order valence-corrected chi connectivity index (χ4v) is 2.15. The second-order valence-electron chi connectivity index (χ2n) is 4.96. The molecule has 1 atom stereocenters. The van der Waals surface area contributed by atoms with E-state index >= 15 is 0 Å². The number of ether oxygens (including phenoxy) is 1. The highest BCUT2D eigenvalue weighted by molar-refractivity contribution is 5.77. The van der Waals surface area contributed by atoms with E-state index in [4.69, 9.17) is 4.74 Å². The van der Waals surface area contributed by atoms with Gasteiger partial charge < -0.3 is 15.0 Å². The molecule has 2 fully saturated rings. The first-order chi connectivity index (χ1) is 7.77. The second kappa shape index (κ2) is 5.64. The smallest absolute Gasteiger partial charge is 0.248 e. The first kappa shape index (κ1) is 11.9. The van der Waals surface area contributed by atoms with E-state index in [9.17, 15) is 4.79 Å². The molecule has 16 heavy (non-hydrogen) atoms. The van der Waals surface area contributed by atoms with Crippen molar-refractivity contribution in [3.8, 4) is 0 Å². The molecule has 1 heterocycles. The van der Waals surface area contributed by atoms with E-state index in [2.05, 4.69) is 5.32 Å². The zero-order valence-corrected chi connectivity index (χ0v) is 10.1. The van der Waals surface area contributed by atoms with Crippen LogP contribution in [0.15, 0.2) is 0 Å². The van der Waals surface area contributed by atoms with Gasteiger partial charge in [0.2, 0.25) is 5.91 Å². The van der Waals surface area contributed by atoms with E-state index in [0.717, 1.165) is 32.5 Å². The van der Waals surface area contributed by atoms with E-state index in [1.807, 2.05) is 11.9 Å². The van der Waals surface area contributed by atoms with Crippen LogP contribution in [-0.4, -0.2) is 50.2 Å². The Balaban J connectivity index is 1.57. The van der Waals surface area contributed by atoms with E-state index in [1.165, 1.54) is 12.8 Å². The lowest BCUT2D eigenvalue weighted by atomic mass is 10.0. The molecule has 0 bridgehead atoms. The Morgan fingerprint density at radius 1 is 1.44 bits per heavy atom. The zero-order valence-electron chi connectivity index (χ0n) is 10.1. The molecule has 0 aromatic heterocycles. The van der Waals surface area contributed by atoms with Crippen molar-refractivity contribution in [3.63, 3.8) is 0 Å². The van der Waals surface area contributed by atoms with Crippen molar-refractivity contribution in [2.45, 2.75) is 31.7 Å². The topological polar surface area (TPSA) is 41.6 Å². The third-order valence-corrected chi connectivity index (χ3v) is 3.47. The average molecular weight is 226 g/mol. The fraction of sp³-hybridized carbons (Fsp3) is 0.917. The van der Waals surface area contributed by atoms with E-state index < -0.39 is 0 Å². The standard InChI is InChI=1S/C12H22N2O2/c1-14(11-4-5-11)12(15)9-16-8-10-3-2-6-13-7-10/h10-11,13H,2-9H2,1H3. The van der Waals surface area contributed by atoms with Gasteiger partial charge in [0.05, 0.1) is 6.61 Å². The molecule has 2 aliphatic rings. The third kappa shape index (κ3) is 3.46. The number of nitrogens with one attached hydrogen (secondary N) is 1. The molecule has 1 aliphatic carbocycles.